The number of nitrogens with one attached hydrogen (secondary N) is 1. The average Bonchev–Trinajstić information content (AvgIpc) is 3.24. The number of hydrogen-bond donors (Lipinski definition) is 1. The first-order valence-electron chi connectivity index (χ1n) is 11.9. The van der Waals surface area contributed by atoms with Crippen molar-refractivity contribution in [3.8, 4) is 11.1 Å². The van der Waals surface area contributed by atoms with E-state index < -0.39 is 15.9 Å². The van der Waals surface area contributed by atoms with E-state index in [9.17, 15) is 13.2 Å². The topological polar surface area (TPSA) is 81.1 Å². The van der Waals surface area contributed by atoms with Crippen molar-refractivity contribution in [3.05, 3.63) is 130 Å². The van der Waals surface area contributed by atoms with E-state index >= 15 is 0 Å². The standard InChI is InChI=1S/C30H24ClN3O3S/c1-21-27-15-14-25(30(35)33-38(36,37)17-16-22-8-4-2-5-9-22)19-29(27)34(32-21)20-26-13-12-24(18-28(26)31)23-10-6-3-7-11-23/h2-19H,20H2,1H3,(H,33,35). The summed E-state index contributed by atoms with van der Waals surface area (Å²) in [4.78, 5) is 12.8. The molecule has 0 atom stereocenters. The second kappa shape index (κ2) is 10.7. The Labute approximate surface area is 226 Å². The molecule has 1 amide bonds. The molecule has 0 radical (unpaired) electrons. The van der Waals surface area contributed by atoms with E-state index in [1.807, 2.05) is 61.5 Å². The predicted octanol–water partition coefficient (Wildman–Crippen LogP) is 6.44. The lowest BCUT2D eigenvalue weighted by atomic mass is 10.0. The van der Waals surface area contributed by atoms with Crippen LogP contribution in [-0.2, 0) is 16.6 Å². The summed E-state index contributed by atoms with van der Waals surface area (Å²) < 4.78 is 28.8. The molecule has 0 fully saturated rings. The smallest absolute Gasteiger partial charge is 0.265 e. The Hall–Kier alpha value is -4.20. The van der Waals surface area contributed by atoms with Gasteiger partial charge in [0.25, 0.3) is 15.9 Å². The van der Waals surface area contributed by atoms with Gasteiger partial charge in [-0.25, -0.2) is 13.1 Å². The molecule has 0 unspecified atom stereocenters. The summed E-state index contributed by atoms with van der Waals surface area (Å²) in [5.41, 5.74) is 5.38. The van der Waals surface area contributed by atoms with Crippen molar-refractivity contribution >= 4 is 44.5 Å². The van der Waals surface area contributed by atoms with E-state index in [1.165, 1.54) is 6.08 Å². The lowest BCUT2D eigenvalue weighted by Crippen LogP contribution is -2.28. The van der Waals surface area contributed by atoms with Crippen LogP contribution in [0.4, 0.5) is 0 Å². The zero-order valence-electron chi connectivity index (χ0n) is 20.5. The molecule has 38 heavy (non-hydrogen) atoms. The fourth-order valence-electron chi connectivity index (χ4n) is 4.20. The van der Waals surface area contributed by atoms with Crippen molar-refractivity contribution in [2.45, 2.75) is 13.5 Å². The van der Waals surface area contributed by atoms with Gasteiger partial charge in [-0.15, -0.1) is 0 Å². The number of carbonyl (C=O) groups is 1. The zero-order chi connectivity index (χ0) is 26.7. The molecular weight excluding hydrogens is 518 g/mol. The Morgan fingerprint density at radius 3 is 2.34 bits per heavy atom. The number of hydrogen-bond acceptors (Lipinski definition) is 4. The summed E-state index contributed by atoms with van der Waals surface area (Å²) in [5.74, 6) is -0.722. The average molecular weight is 542 g/mol. The molecule has 0 aliphatic heterocycles. The molecule has 0 bridgehead atoms. The number of nitrogens with zero attached hydrogens (tertiary/aromatic N) is 2. The molecule has 0 aliphatic carbocycles. The maximum absolute atomic E-state index is 12.8. The minimum atomic E-state index is -3.99. The van der Waals surface area contributed by atoms with Crippen LogP contribution >= 0.6 is 11.6 Å². The third kappa shape index (κ3) is 5.69. The van der Waals surface area contributed by atoms with Crippen LogP contribution in [-0.4, -0.2) is 24.1 Å². The van der Waals surface area contributed by atoms with Crippen molar-refractivity contribution in [1.29, 1.82) is 0 Å². The van der Waals surface area contributed by atoms with Gasteiger partial charge in [0.1, 0.15) is 0 Å². The van der Waals surface area contributed by atoms with Gasteiger partial charge in [0.2, 0.25) is 0 Å². The van der Waals surface area contributed by atoms with Gasteiger partial charge in [-0.1, -0.05) is 90.5 Å². The Morgan fingerprint density at radius 2 is 1.63 bits per heavy atom. The van der Waals surface area contributed by atoms with E-state index in [0.29, 0.717) is 22.6 Å². The first kappa shape index (κ1) is 25.4. The van der Waals surface area contributed by atoms with Crippen LogP contribution in [0.5, 0.6) is 0 Å². The molecule has 5 aromatic rings. The molecule has 0 aliphatic rings. The van der Waals surface area contributed by atoms with Gasteiger partial charge in [0.15, 0.2) is 0 Å². The summed E-state index contributed by atoms with van der Waals surface area (Å²) >= 11 is 6.64. The minimum absolute atomic E-state index is 0.209. The number of aromatic nitrogens is 2. The summed E-state index contributed by atoms with van der Waals surface area (Å²) in [6.45, 7) is 2.28. The van der Waals surface area contributed by atoms with Crippen LogP contribution in [0.1, 0.15) is 27.2 Å². The van der Waals surface area contributed by atoms with E-state index in [4.69, 9.17) is 11.6 Å². The fourth-order valence-corrected chi connectivity index (χ4v) is 5.22. The van der Waals surface area contributed by atoms with Gasteiger partial charge in [-0.05, 0) is 53.5 Å². The van der Waals surface area contributed by atoms with Gasteiger partial charge < -0.3 is 0 Å². The van der Waals surface area contributed by atoms with E-state index in [2.05, 4.69) is 9.82 Å². The van der Waals surface area contributed by atoms with Gasteiger partial charge in [-0.3, -0.25) is 9.48 Å². The SMILES string of the molecule is Cc1nn(Cc2ccc(-c3ccccc3)cc2Cl)c2cc(C(=O)NS(=O)(=O)C=Cc3ccccc3)ccc12. The zero-order valence-corrected chi connectivity index (χ0v) is 22.1. The summed E-state index contributed by atoms with van der Waals surface area (Å²) in [6, 6.07) is 29.9. The number of halogens is 1. The van der Waals surface area contributed by atoms with Crippen molar-refractivity contribution in [3.63, 3.8) is 0 Å². The monoisotopic (exact) mass is 541 g/mol. The van der Waals surface area contributed by atoms with Gasteiger partial charge >= 0.3 is 0 Å². The Morgan fingerprint density at radius 1 is 0.921 bits per heavy atom. The number of amides is 1. The maximum Gasteiger partial charge on any atom is 0.265 e. The number of rotatable bonds is 7. The van der Waals surface area contributed by atoms with Crippen LogP contribution < -0.4 is 4.72 Å². The fraction of sp³-hybridized carbons (Fsp3) is 0.0667. The highest BCUT2D eigenvalue weighted by Gasteiger charge is 2.17. The number of sulfonamides is 1. The van der Waals surface area contributed by atoms with Gasteiger partial charge in [-0.2, -0.15) is 5.10 Å². The third-order valence-corrected chi connectivity index (χ3v) is 7.47. The highest BCUT2D eigenvalue weighted by atomic mass is 35.5. The van der Waals surface area contributed by atoms with Crippen molar-refractivity contribution in [2.75, 3.05) is 0 Å². The van der Waals surface area contributed by atoms with Crippen LogP contribution in [0.25, 0.3) is 28.1 Å². The molecular formula is C30H24ClN3O3S. The molecule has 0 saturated heterocycles. The maximum atomic E-state index is 12.8. The second-order valence-electron chi connectivity index (χ2n) is 8.84. The van der Waals surface area contributed by atoms with Crippen molar-refractivity contribution in [1.82, 2.24) is 14.5 Å². The molecule has 1 heterocycles. The Kier molecular flexibility index (Phi) is 7.13. The first-order chi connectivity index (χ1) is 18.3. The van der Waals surface area contributed by atoms with Crippen LogP contribution in [0, 0.1) is 6.92 Å². The minimum Gasteiger partial charge on any atom is -0.268 e. The molecule has 4 aromatic carbocycles. The normalized spacial score (nSPS) is 11.7. The molecule has 0 saturated carbocycles. The van der Waals surface area contributed by atoms with Crippen LogP contribution in [0.15, 0.2) is 102 Å². The summed E-state index contributed by atoms with van der Waals surface area (Å²) in [6.07, 6.45) is 1.43. The predicted molar refractivity (Wildman–Crippen MR) is 152 cm³/mol. The van der Waals surface area contributed by atoms with E-state index in [-0.39, 0.29) is 5.56 Å². The molecule has 0 spiro atoms. The lowest BCUT2D eigenvalue weighted by Gasteiger charge is -2.10. The molecule has 8 heteroatoms. The van der Waals surface area contributed by atoms with Crippen molar-refractivity contribution < 1.29 is 13.2 Å². The quantitative estimate of drug-likeness (QED) is 0.257. The summed E-state index contributed by atoms with van der Waals surface area (Å²) in [5, 5.41) is 7.10. The van der Waals surface area contributed by atoms with Crippen LogP contribution in [0.3, 0.4) is 0 Å². The highest BCUT2D eigenvalue weighted by molar-refractivity contribution is 7.93. The van der Waals surface area contributed by atoms with E-state index in [1.54, 1.807) is 47.1 Å². The lowest BCUT2D eigenvalue weighted by molar-refractivity contribution is 0.0982. The first-order valence-corrected chi connectivity index (χ1v) is 13.8. The summed E-state index contributed by atoms with van der Waals surface area (Å²) in [7, 11) is -3.99. The van der Waals surface area contributed by atoms with Crippen molar-refractivity contribution in [2.24, 2.45) is 0 Å². The molecule has 6 nitrogen and oxygen atoms in total. The second-order valence-corrected chi connectivity index (χ2v) is 10.8. The molecule has 190 valence electrons. The number of aryl methyl sites for hydroxylation is 1. The molecule has 1 aromatic heterocycles. The largest absolute Gasteiger partial charge is 0.268 e. The van der Waals surface area contributed by atoms with Gasteiger partial charge in [0.05, 0.1) is 23.2 Å². The number of benzene rings is 4. The van der Waals surface area contributed by atoms with Gasteiger partial charge in [0, 0.05) is 16.0 Å². The molecule has 1 N–H and O–H groups in total. The highest BCUT2D eigenvalue weighted by Crippen LogP contribution is 2.28. The third-order valence-electron chi connectivity index (χ3n) is 6.15. The Bertz CT molecular complexity index is 1760. The van der Waals surface area contributed by atoms with E-state index in [0.717, 1.165) is 33.2 Å². The number of carbonyl (C=O) groups excluding carboxylic acids is 1. The molecule has 5 rings (SSSR count). The van der Waals surface area contributed by atoms with Crippen LogP contribution in [0.2, 0.25) is 5.02 Å². The number of fused-ring (bicyclic) bond motifs is 1. The Balaban J connectivity index is 1.39.